The zero-order chi connectivity index (χ0) is 16.4. The molecule has 2 N–H and O–H groups in total. The summed E-state index contributed by atoms with van der Waals surface area (Å²) in [5.74, 6) is 1.03. The van der Waals surface area contributed by atoms with Gasteiger partial charge in [-0.3, -0.25) is 4.79 Å². The van der Waals surface area contributed by atoms with Gasteiger partial charge >= 0.3 is 0 Å². The first-order valence-electron chi connectivity index (χ1n) is 7.54. The van der Waals surface area contributed by atoms with E-state index >= 15 is 0 Å². The van der Waals surface area contributed by atoms with Crippen molar-refractivity contribution in [2.24, 2.45) is 0 Å². The second kappa shape index (κ2) is 9.84. The summed E-state index contributed by atoms with van der Waals surface area (Å²) >= 11 is 0. The standard InChI is InChI=1S/C17H26N2O3/c1-5-7-14-8-9-15(16(10-14)21-4)22-12-17(20)19-11-13(3)18-6-2/h5,7-10,13,18H,6,11-12H2,1-4H3,(H,19,20)/b7-5+/t13-/m1/s1. The highest BCUT2D eigenvalue weighted by atomic mass is 16.5. The number of carbonyl (C=O) groups is 1. The molecule has 0 spiro atoms. The molecule has 122 valence electrons. The average Bonchev–Trinajstić information content (AvgIpc) is 2.52. The van der Waals surface area contributed by atoms with Crippen LogP contribution in [-0.2, 0) is 4.79 Å². The van der Waals surface area contributed by atoms with Crippen molar-refractivity contribution >= 4 is 12.0 Å². The molecule has 1 aromatic rings. The number of amides is 1. The van der Waals surface area contributed by atoms with Crippen LogP contribution in [0, 0.1) is 0 Å². The van der Waals surface area contributed by atoms with Crippen LogP contribution in [0.5, 0.6) is 11.5 Å². The molecule has 0 aliphatic heterocycles. The Hall–Kier alpha value is -2.01. The maximum Gasteiger partial charge on any atom is 0.257 e. The summed E-state index contributed by atoms with van der Waals surface area (Å²) in [6, 6.07) is 5.84. The van der Waals surface area contributed by atoms with Crippen LogP contribution in [0.25, 0.3) is 6.08 Å². The fourth-order valence-corrected chi connectivity index (χ4v) is 1.98. The van der Waals surface area contributed by atoms with Gasteiger partial charge in [0, 0.05) is 12.6 Å². The number of allylic oxidation sites excluding steroid dienone is 1. The first-order chi connectivity index (χ1) is 10.6. The Labute approximate surface area is 132 Å². The number of rotatable bonds is 9. The quantitative estimate of drug-likeness (QED) is 0.734. The van der Waals surface area contributed by atoms with Gasteiger partial charge in [0.05, 0.1) is 7.11 Å². The molecule has 0 saturated carbocycles. The molecule has 0 saturated heterocycles. The Kier molecular flexibility index (Phi) is 8.07. The first kappa shape index (κ1) is 18.0. The number of nitrogens with one attached hydrogen (secondary N) is 2. The summed E-state index contributed by atoms with van der Waals surface area (Å²) in [7, 11) is 1.58. The van der Waals surface area contributed by atoms with Crippen molar-refractivity contribution in [3.8, 4) is 11.5 Å². The molecule has 1 amide bonds. The fourth-order valence-electron chi connectivity index (χ4n) is 1.98. The molecule has 5 nitrogen and oxygen atoms in total. The van der Waals surface area contributed by atoms with E-state index in [2.05, 4.69) is 10.6 Å². The Balaban J connectivity index is 2.51. The van der Waals surface area contributed by atoms with Crippen LogP contribution in [-0.4, -0.2) is 38.8 Å². The number of hydrogen-bond donors (Lipinski definition) is 2. The molecular formula is C17H26N2O3. The molecule has 0 heterocycles. The Bertz CT molecular complexity index is 501. The van der Waals surface area contributed by atoms with E-state index in [1.54, 1.807) is 7.11 Å². The summed E-state index contributed by atoms with van der Waals surface area (Å²) in [4.78, 5) is 11.8. The van der Waals surface area contributed by atoms with Gasteiger partial charge in [0.25, 0.3) is 5.91 Å². The summed E-state index contributed by atoms with van der Waals surface area (Å²) < 4.78 is 10.8. The van der Waals surface area contributed by atoms with Crippen molar-refractivity contribution in [3.63, 3.8) is 0 Å². The van der Waals surface area contributed by atoms with Gasteiger partial charge in [-0.05, 0) is 38.1 Å². The zero-order valence-corrected chi connectivity index (χ0v) is 13.8. The van der Waals surface area contributed by atoms with Crippen LogP contribution in [0.2, 0.25) is 0 Å². The molecule has 0 aromatic heterocycles. The molecule has 0 bridgehead atoms. The van der Waals surface area contributed by atoms with E-state index in [0.29, 0.717) is 18.0 Å². The van der Waals surface area contributed by atoms with Crippen molar-refractivity contribution in [1.82, 2.24) is 10.6 Å². The number of benzene rings is 1. The monoisotopic (exact) mass is 306 g/mol. The maximum atomic E-state index is 11.8. The van der Waals surface area contributed by atoms with E-state index in [4.69, 9.17) is 9.47 Å². The van der Waals surface area contributed by atoms with Crippen molar-refractivity contribution in [2.45, 2.75) is 26.8 Å². The van der Waals surface area contributed by atoms with Gasteiger partial charge in [-0.1, -0.05) is 25.1 Å². The molecule has 1 aromatic carbocycles. The highest BCUT2D eigenvalue weighted by Crippen LogP contribution is 2.28. The van der Waals surface area contributed by atoms with E-state index in [9.17, 15) is 4.79 Å². The second-order valence-electron chi connectivity index (χ2n) is 4.96. The van der Waals surface area contributed by atoms with Crippen LogP contribution >= 0.6 is 0 Å². The van der Waals surface area contributed by atoms with E-state index in [1.165, 1.54) is 0 Å². The third kappa shape index (κ3) is 6.18. The Morgan fingerprint density at radius 3 is 2.77 bits per heavy atom. The molecule has 0 aliphatic rings. The number of carbonyl (C=O) groups excluding carboxylic acids is 1. The predicted octanol–water partition coefficient (Wildman–Crippen LogP) is 2.22. The fraction of sp³-hybridized carbons (Fsp3) is 0.471. The summed E-state index contributed by atoms with van der Waals surface area (Å²) in [5.41, 5.74) is 1.02. The minimum Gasteiger partial charge on any atom is -0.493 e. The van der Waals surface area contributed by atoms with Crippen LogP contribution in [0.15, 0.2) is 24.3 Å². The number of methoxy groups -OCH3 is 1. The lowest BCUT2D eigenvalue weighted by atomic mass is 10.2. The van der Waals surface area contributed by atoms with E-state index in [-0.39, 0.29) is 18.6 Å². The highest BCUT2D eigenvalue weighted by molar-refractivity contribution is 5.77. The molecular weight excluding hydrogens is 280 g/mol. The molecule has 0 unspecified atom stereocenters. The van der Waals surface area contributed by atoms with Crippen molar-refractivity contribution in [3.05, 3.63) is 29.8 Å². The lowest BCUT2D eigenvalue weighted by Gasteiger charge is -2.14. The third-order valence-electron chi connectivity index (χ3n) is 3.06. The van der Waals surface area contributed by atoms with Gasteiger partial charge in [0.15, 0.2) is 18.1 Å². The number of ether oxygens (including phenoxy) is 2. The van der Waals surface area contributed by atoms with Gasteiger partial charge in [-0.2, -0.15) is 0 Å². The number of likely N-dealkylation sites (N-methyl/N-ethyl adjacent to an activating group) is 1. The molecule has 0 radical (unpaired) electrons. The second-order valence-corrected chi connectivity index (χ2v) is 4.96. The summed E-state index contributed by atoms with van der Waals surface area (Å²) in [6.07, 6.45) is 3.93. The highest BCUT2D eigenvalue weighted by Gasteiger charge is 2.09. The topological polar surface area (TPSA) is 59.6 Å². The van der Waals surface area contributed by atoms with Gasteiger partial charge in [-0.25, -0.2) is 0 Å². The zero-order valence-electron chi connectivity index (χ0n) is 13.8. The number of hydrogen-bond acceptors (Lipinski definition) is 4. The summed E-state index contributed by atoms with van der Waals surface area (Å²) in [6.45, 7) is 7.43. The minimum atomic E-state index is -0.149. The molecule has 1 rings (SSSR count). The molecule has 5 heteroatoms. The molecule has 0 aliphatic carbocycles. The van der Waals surface area contributed by atoms with Gasteiger partial charge in [0.1, 0.15) is 0 Å². The van der Waals surface area contributed by atoms with Crippen molar-refractivity contribution < 1.29 is 14.3 Å². The van der Waals surface area contributed by atoms with Crippen LogP contribution in [0.3, 0.4) is 0 Å². The van der Waals surface area contributed by atoms with Crippen LogP contribution in [0.1, 0.15) is 26.3 Å². The van der Waals surface area contributed by atoms with Gasteiger partial charge < -0.3 is 20.1 Å². The van der Waals surface area contributed by atoms with Crippen LogP contribution in [0.4, 0.5) is 0 Å². The minimum absolute atomic E-state index is 0.0296. The molecule has 22 heavy (non-hydrogen) atoms. The average molecular weight is 306 g/mol. The largest absolute Gasteiger partial charge is 0.493 e. The normalized spacial score (nSPS) is 12.2. The van der Waals surface area contributed by atoms with Crippen LogP contribution < -0.4 is 20.1 Å². The van der Waals surface area contributed by atoms with E-state index in [1.807, 2.05) is 51.1 Å². The Morgan fingerprint density at radius 2 is 2.14 bits per heavy atom. The van der Waals surface area contributed by atoms with Crippen molar-refractivity contribution in [2.75, 3.05) is 26.8 Å². The molecule has 0 fully saturated rings. The Morgan fingerprint density at radius 1 is 1.36 bits per heavy atom. The summed E-state index contributed by atoms with van der Waals surface area (Å²) in [5, 5.41) is 6.06. The first-order valence-corrected chi connectivity index (χ1v) is 7.54. The lowest BCUT2D eigenvalue weighted by Crippen LogP contribution is -2.40. The SMILES string of the molecule is C/C=C/c1ccc(OCC(=O)NC[C@@H](C)NCC)c(OC)c1. The smallest absolute Gasteiger partial charge is 0.257 e. The van der Waals surface area contributed by atoms with E-state index < -0.39 is 0 Å². The lowest BCUT2D eigenvalue weighted by molar-refractivity contribution is -0.123. The third-order valence-corrected chi connectivity index (χ3v) is 3.06. The maximum absolute atomic E-state index is 11.8. The van der Waals surface area contributed by atoms with Gasteiger partial charge in [0.2, 0.25) is 0 Å². The molecule has 1 atom stereocenters. The van der Waals surface area contributed by atoms with E-state index in [0.717, 1.165) is 12.1 Å². The van der Waals surface area contributed by atoms with Gasteiger partial charge in [-0.15, -0.1) is 0 Å². The predicted molar refractivity (Wildman–Crippen MR) is 89.3 cm³/mol. The van der Waals surface area contributed by atoms with Crippen molar-refractivity contribution in [1.29, 1.82) is 0 Å².